The van der Waals surface area contributed by atoms with E-state index in [0.29, 0.717) is 12.5 Å². The average Bonchev–Trinajstić information content (AvgIpc) is 2.89. The molecule has 1 aliphatic heterocycles. The zero-order valence-corrected chi connectivity index (χ0v) is 15.0. The van der Waals surface area contributed by atoms with Gasteiger partial charge < -0.3 is 15.3 Å². The second-order valence-electron chi connectivity index (χ2n) is 6.91. The number of aliphatic carboxylic acids is 1. The van der Waals surface area contributed by atoms with Crippen LogP contribution in [0.25, 0.3) is 0 Å². The first-order valence-electron chi connectivity index (χ1n) is 8.55. The van der Waals surface area contributed by atoms with Crippen LogP contribution < -0.4 is 5.32 Å². The van der Waals surface area contributed by atoms with Crippen molar-refractivity contribution in [1.82, 2.24) is 10.2 Å². The fourth-order valence-electron chi connectivity index (χ4n) is 3.09. The summed E-state index contributed by atoms with van der Waals surface area (Å²) < 4.78 is 40.6. The molecular weight excluding hydrogens is 365 g/mol. The minimum absolute atomic E-state index is 0.115. The van der Waals surface area contributed by atoms with E-state index >= 15 is 0 Å². The molecule has 1 aromatic carbocycles. The minimum Gasteiger partial charge on any atom is -0.480 e. The molecule has 2 N–H and O–H groups in total. The van der Waals surface area contributed by atoms with E-state index < -0.39 is 41.4 Å². The third-order valence-corrected chi connectivity index (χ3v) is 4.53. The van der Waals surface area contributed by atoms with Crippen LogP contribution in [0.4, 0.5) is 13.2 Å². The topological polar surface area (TPSA) is 86.7 Å². The predicted octanol–water partition coefficient (Wildman–Crippen LogP) is 2.21. The normalized spacial score (nSPS) is 18.1. The number of carbonyl (C=O) groups excluding carboxylic acids is 2. The van der Waals surface area contributed by atoms with Crippen LogP contribution in [-0.2, 0) is 20.9 Å². The average molecular weight is 386 g/mol. The molecule has 0 bridgehead atoms. The van der Waals surface area contributed by atoms with Gasteiger partial charge in [-0.3, -0.25) is 9.59 Å². The van der Waals surface area contributed by atoms with Crippen molar-refractivity contribution in [1.29, 1.82) is 0 Å². The second-order valence-corrected chi connectivity index (χ2v) is 6.91. The van der Waals surface area contributed by atoms with Gasteiger partial charge in [-0.25, -0.2) is 18.0 Å². The van der Waals surface area contributed by atoms with E-state index in [2.05, 4.69) is 5.32 Å². The van der Waals surface area contributed by atoms with Gasteiger partial charge in [0.05, 0.1) is 0 Å². The van der Waals surface area contributed by atoms with Gasteiger partial charge in [0.25, 0.3) is 0 Å². The summed E-state index contributed by atoms with van der Waals surface area (Å²) >= 11 is 0. The number of nitrogens with one attached hydrogen (secondary N) is 1. The highest BCUT2D eigenvalue weighted by Gasteiger charge is 2.34. The van der Waals surface area contributed by atoms with Gasteiger partial charge in [-0.05, 0) is 18.4 Å². The molecule has 0 saturated carbocycles. The first-order valence-corrected chi connectivity index (χ1v) is 8.55. The Hall–Kier alpha value is -2.58. The van der Waals surface area contributed by atoms with E-state index in [1.807, 2.05) is 0 Å². The van der Waals surface area contributed by atoms with Crippen LogP contribution in [-0.4, -0.2) is 39.9 Å². The van der Waals surface area contributed by atoms with Crippen LogP contribution in [0.2, 0.25) is 0 Å². The maximum atomic E-state index is 13.9. The summed E-state index contributed by atoms with van der Waals surface area (Å²) in [6.45, 7) is 2.92. The number of rotatable bonds is 7. The predicted molar refractivity (Wildman–Crippen MR) is 88.9 cm³/mol. The minimum atomic E-state index is -1.35. The Morgan fingerprint density at radius 1 is 1.30 bits per heavy atom. The van der Waals surface area contributed by atoms with Gasteiger partial charge >= 0.3 is 5.97 Å². The molecule has 2 amide bonds. The molecule has 27 heavy (non-hydrogen) atoms. The van der Waals surface area contributed by atoms with E-state index in [1.54, 1.807) is 13.8 Å². The quantitative estimate of drug-likeness (QED) is 0.704. The number of amides is 2. The molecule has 1 saturated heterocycles. The van der Waals surface area contributed by atoms with Crippen LogP contribution in [0.3, 0.4) is 0 Å². The van der Waals surface area contributed by atoms with Crippen molar-refractivity contribution < 1.29 is 32.7 Å². The van der Waals surface area contributed by atoms with Crippen molar-refractivity contribution in [2.24, 2.45) is 5.92 Å². The first-order chi connectivity index (χ1) is 12.6. The summed E-state index contributed by atoms with van der Waals surface area (Å²) in [6.07, 6.45) is 0.247. The van der Waals surface area contributed by atoms with Gasteiger partial charge in [0.15, 0.2) is 11.6 Å². The number of carboxylic acids is 1. The molecule has 9 heteroatoms. The molecule has 2 rings (SSSR count). The number of halogens is 3. The summed E-state index contributed by atoms with van der Waals surface area (Å²) in [5.41, 5.74) is -0.321. The monoisotopic (exact) mass is 386 g/mol. The Kier molecular flexibility index (Phi) is 6.45. The molecule has 1 fully saturated rings. The van der Waals surface area contributed by atoms with Gasteiger partial charge in [-0.15, -0.1) is 0 Å². The Labute approximate surface area is 154 Å². The van der Waals surface area contributed by atoms with Crippen LogP contribution in [0, 0.1) is 23.4 Å². The molecule has 0 aromatic heterocycles. The zero-order valence-electron chi connectivity index (χ0n) is 15.0. The smallest absolute Gasteiger partial charge is 0.326 e. The van der Waals surface area contributed by atoms with Crippen LogP contribution >= 0.6 is 0 Å². The highest BCUT2D eigenvalue weighted by Crippen LogP contribution is 2.26. The molecule has 148 valence electrons. The fraction of sp³-hybridized carbons (Fsp3) is 0.500. The van der Waals surface area contributed by atoms with Crippen molar-refractivity contribution in [3.63, 3.8) is 0 Å². The SMILES string of the molecule is CC(C)[C@H](NC(=O)C[C@@H]1CCC(=O)N1Cc1cc(F)cc(F)c1F)C(=O)O. The van der Waals surface area contributed by atoms with Crippen molar-refractivity contribution in [3.8, 4) is 0 Å². The highest BCUT2D eigenvalue weighted by atomic mass is 19.2. The fourth-order valence-corrected chi connectivity index (χ4v) is 3.09. The Morgan fingerprint density at radius 2 is 1.96 bits per heavy atom. The molecule has 0 unspecified atom stereocenters. The second kappa shape index (κ2) is 8.41. The van der Waals surface area contributed by atoms with Crippen molar-refractivity contribution in [2.75, 3.05) is 0 Å². The Bertz CT molecular complexity index is 754. The maximum Gasteiger partial charge on any atom is 0.326 e. The van der Waals surface area contributed by atoms with Crippen LogP contribution in [0.15, 0.2) is 12.1 Å². The van der Waals surface area contributed by atoms with Crippen molar-refractivity contribution in [3.05, 3.63) is 35.1 Å². The molecule has 1 aliphatic rings. The molecule has 0 spiro atoms. The number of hydrogen-bond acceptors (Lipinski definition) is 3. The lowest BCUT2D eigenvalue weighted by atomic mass is 10.0. The van der Waals surface area contributed by atoms with E-state index in [9.17, 15) is 27.6 Å². The number of carbonyl (C=O) groups is 3. The maximum absolute atomic E-state index is 13.9. The summed E-state index contributed by atoms with van der Waals surface area (Å²) in [4.78, 5) is 36.6. The lowest BCUT2D eigenvalue weighted by Crippen LogP contribution is -2.46. The number of hydrogen-bond donors (Lipinski definition) is 2. The number of nitrogens with zero attached hydrogens (tertiary/aromatic N) is 1. The number of likely N-dealkylation sites (tertiary alicyclic amines) is 1. The van der Waals surface area contributed by atoms with Gasteiger partial charge in [-0.1, -0.05) is 13.8 Å². The van der Waals surface area contributed by atoms with Gasteiger partial charge in [0.2, 0.25) is 11.8 Å². The molecule has 6 nitrogen and oxygen atoms in total. The summed E-state index contributed by atoms with van der Waals surface area (Å²) in [6, 6.07) is -0.462. The van der Waals surface area contributed by atoms with Gasteiger partial charge in [-0.2, -0.15) is 0 Å². The third-order valence-electron chi connectivity index (χ3n) is 4.53. The summed E-state index contributed by atoms with van der Waals surface area (Å²) in [7, 11) is 0. The molecule has 0 aliphatic carbocycles. The number of carboxylic acid groups (broad SMARTS) is 1. The number of benzene rings is 1. The van der Waals surface area contributed by atoms with Crippen LogP contribution in [0.1, 0.15) is 38.7 Å². The molecule has 0 radical (unpaired) electrons. The zero-order chi connectivity index (χ0) is 20.3. The lowest BCUT2D eigenvalue weighted by Gasteiger charge is -2.26. The van der Waals surface area contributed by atoms with Gasteiger partial charge in [0.1, 0.15) is 11.9 Å². The van der Waals surface area contributed by atoms with Gasteiger partial charge in [0, 0.05) is 37.1 Å². The summed E-state index contributed by atoms with van der Waals surface area (Å²) in [5, 5.41) is 11.5. The van der Waals surface area contributed by atoms with Crippen molar-refractivity contribution in [2.45, 2.75) is 51.7 Å². The Morgan fingerprint density at radius 3 is 2.56 bits per heavy atom. The van der Waals surface area contributed by atoms with Crippen molar-refractivity contribution >= 4 is 17.8 Å². The van der Waals surface area contributed by atoms with E-state index in [0.717, 1.165) is 6.07 Å². The largest absolute Gasteiger partial charge is 0.480 e. The third kappa shape index (κ3) is 4.99. The highest BCUT2D eigenvalue weighted by molar-refractivity contribution is 5.85. The van der Waals surface area contributed by atoms with E-state index in [4.69, 9.17) is 5.11 Å². The van der Waals surface area contributed by atoms with E-state index in [-0.39, 0.29) is 36.8 Å². The molecule has 2 atom stereocenters. The molecule has 1 aromatic rings. The van der Waals surface area contributed by atoms with E-state index in [1.165, 1.54) is 4.90 Å². The first kappa shape index (κ1) is 20.7. The Balaban J connectivity index is 2.10. The standard InChI is InChI=1S/C18H21F3N2O4/c1-9(2)17(18(26)27)22-14(24)7-12-3-4-15(25)23(12)8-10-5-11(19)6-13(20)16(10)21/h5-6,9,12,17H,3-4,7-8H2,1-2H3,(H,22,24)(H,26,27)/t12-,17-/m0/s1. The van der Waals surface area contributed by atoms with Crippen LogP contribution in [0.5, 0.6) is 0 Å². The molecular formula is C18H21F3N2O4. The lowest BCUT2D eigenvalue weighted by molar-refractivity contribution is -0.143. The molecule has 1 heterocycles. The summed E-state index contributed by atoms with van der Waals surface area (Å²) in [5.74, 6) is -6.00.